The van der Waals surface area contributed by atoms with Crippen molar-refractivity contribution in [2.45, 2.75) is 0 Å². The van der Waals surface area contributed by atoms with E-state index >= 15 is 0 Å². The van der Waals surface area contributed by atoms with Gasteiger partial charge < -0.3 is 14.9 Å². The lowest BCUT2D eigenvalue weighted by Crippen LogP contribution is -1.95. The Morgan fingerprint density at radius 1 is 1.50 bits per heavy atom. The molecule has 0 radical (unpaired) electrons. The molecule has 3 rings (SSSR count). The molecule has 0 aliphatic carbocycles. The van der Waals surface area contributed by atoms with Gasteiger partial charge in [0.2, 0.25) is 0 Å². The molecule has 0 saturated heterocycles. The minimum absolute atomic E-state index is 0.0510. The SMILES string of the molecule is O=[N+]([O-])c1c(Oc2ccc(Cl)cc2Br)nc2sccn12. The number of nitro groups is 1. The summed E-state index contributed by atoms with van der Waals surface area (Å²) in [7, 11) is 0. The number of rotatable bonds is 3. The molecule has 2 heterocycles. The molecule has 1 aromatic carbocycles. The van der Waals surface area contributed by atoms with Crippen LogP contribution in [0.15, 0.2) is 34.2 Å². The summed E-state index contributed by atoms with van der Waals surface area (Å²) >= 11 is 10.4. The Hall–Kier alpha value is -1.64. The highest BCUT2D eigenvalue weighted by molar-refractivity contribution is 9.10. The van der Waals surface area contributed by atoms with E-state index in [1.807, 2.05) is 0 Å². The zero-order valence-corrected chi connectivity index (χ0v) is 12.8. The first-order valence-corrected chi connectivity index (χ1v) is 7.34. The molecule has 0 aliphatic heterocycles. The number of nitrogens with zero attached hydrogens (tertiary/aromatic N) is 3. The van der Waals surface area contributed by atoms with E-state index in [0.29, 0.717) is 20.2 Å². The predicted molar refractivity (Wildman–Crippen MR) is 78.9 cm³/mol. The van der Waals surface area contributed by atoms with E-state index in [1.54, 1.807) is 29.8 Å². The van der Waals surface area contributed by atoms with Crippen LogP contribution in [0, 0.1) is 10.1 Å². The minimum Gasteiger partial charge on any atom is -0.431 e. The maximum Gasteiger partial charge on any atom is 0.393 e. The van der Waals surface area contributed by atoms with E-state index in [2.05, 4.69) is 20.9 Å². The smallest absolute Gasteiger partial charge is 0.393 e. The average Bonchev–Trinajstić information content (AvgIpc) is 2.91. The standard InChI is InChI=1S/C11H5BrClN3O3S/c12-7-5-6(13)1-2-8(7)19-9-10(16(17)18)15-3-4-20-11(15)14-9/h1-5H. The van der Waals surface area contributed by atoms with Crippen molar-refractivity contribution >= 4 is 49.6 Å². The van der Waals surface area contributed by atoms with E-state index in [0.717, 1.165) is 0 Å². The lowest BCUT2D eigenvalue weighted by molar-refractivity contribution is -0.391. The third kappa shape index (κ3) is 2.26. The molecular formula is C11H5BrClN3O3S. The summed E-state index contributed by atoms with van der Waals surface area (Å²) in [6.45, 7) is 0. The van der Waals surface area contributed by atoms with Crippen LogP contribution in [0.1, 0.15) is 0 Å². The van der Waals surface area contributed by atoms with Gasteiger partial charge in [-0.25, -0.2) is 0 Å². The van der Waals surface area contributed by atoms with Gasteiger partial charge in [-0.15, -0.1) is 0 Å². The molecule has 0 aliphatic rings. The fourth-order valence-corrected chi connectivity index (χ4v) is 3.12. The highest BCUT2D eigenvalue weighted by Gasteiger charge is 2.26. The molecule has 9 heteroatoms. The van der Waals surface area contributed by atoms with Crippen LogP contribution in [0.2, 0.25) is 5.02 Å². The van der Waals surface area contributed by atoms with E-state index in [9.17, 15) is 10.1 Å². The van der Waals surface area contributed by atoms with Gasteiger partial charge in [-0.2, -0.15) is 9.38 Å². The first-order chi connectivity index (χ1) is 9.56. The van der Waals surface area contributed by atoms with Gasteiger partial charge in [0.25, 0.3) is 4.96 Å². The van der Waals surface area contributed by atoms with Crippen molar-refractivity contribution in [1.29, 1.82) is 0 Å². The summed E-state index contributed by atoms with van der Waals surface area (Å²) in [4.78, 5) is 15.3. The normalized spacial score (nSPS) is 10.9. The Balaban J connectivity index is 2.08. The number of aromatic nitrogens is 2. The van der Waals surface area contributed by atoms with E-state index in [1.165, 1.54) is 15.7 Å². The maximum absolute atomic E-state index is 11.2. The van der Waals surface area contributed by atoms with E-state index in [-0.39, 0.29) is 11.7 Å². The molecule has 0 bridgehead atoms. The largest absolute Gasteiger partial charge is 0.431 e. The molecule has 102 valence electrons. The Morgan fingerprint density at radius 2 is 2.30 bits per heavy atom. The highest BCUT2D eigenvalue weighted by atomic mass is 79.9. The van der Waals surface area contributed by atoms with E-state index < -0.39 is 4.92 Å². The van der Waals surface area contributed by atoms with Crippen LogP contribution in [0.4, 0.5) is 5.82 Å². The predicted octanol–water partition coefficient (Wildman–Crippen LogP) is 4.51. The third-order valence-electron chi connectivity index (χ3n) is 2.48. The number of benzene rings is 1. The van der Waals surface area contributed by atoms with Crippen molar-refractivity contribution < 1.29 is 9.66 Å². The molecule has 0 unspecified atom stereocenters. The first kappa shape index (κ1) is 13.3. The fourth-order valence-electron chi connectivity index (χ4n) is 1.65. The molecule has 0 N–H and O–H groups in total. The summed E-state index contributed by atoms with van der Waals surface area (Å²) < 4.78 is 7.50. The van der Waals surface area contributed by atoms with Crippen LogP contribution >= 0.6 is 38.9 Å². The number of hydrogen-bond donors (Lipinski definition) is 0. The Morgan fingerprint density at radius 3 is 3.00 bits per heavy atom. The van der Waals surface area contributed by atoms with Gasteiger partial charge >= 0.3 is 11.7 Å². The van der Waals surface area contributed by atoms with Crippen LogP contribution in [0.3, 0.4) is 0 Å². The molecule has 0 saturated carbocycles. The number of fused-ring (bicyclic) bond motifs is 1. The molecule has 20 heavy (non-hydrogen) atoms. The van der Waals surface area contributed by atoms with Crippen molar-refractivity contribution in [3.8, 4) is 11.6 Å². The lowest BCUT2D eigenvalue weighted by atomic mass is 10.3. The van der Waals surface area contributed by atoms with Gasteiger partial charge in [-0.1, -0.05) is 22.9 Å². The number of imidazole rings is 1. The van der Waals surface area contributed by atoms with Crippen LogP contribution in [0.5, 0.6) is 11.6 Å². The number of halogens is 2. The van der Waals surface area contributed by atoms with Crippen molar-refractivity contribution in [3.05, 3.63) is 49.4 Å². The zero-order valence-electron chi connectivity index (χ0n) is 9.62. The second-order valence-corrected chi connectivity index (χ2v) is 5.89. The number of thiazole rings is 1. The van der Waals surface area contributed by atoms with Gasteiger partial charge in [-0.3, -0.25) is 0 Å². The molecule has 2 aromatic heterocycles. The van der Waals surface area contributed by atoms with Crippen molar-refractivity contribution in [2.24, 2.45) is 0 Å². The Kier molecular flexibility index (Phi) is 3.36. The molecule has 0 spiro atoms. The molecule has 0 fully saturated rings. The van der Waals surface area contributed by atoms with Crippen molar-refractivity contribution in [1.82, 2.24) is 9.38 Å². The van der Waals surface area contributed by atoms with Gasteiger partial charge in [0.1, 0.15) is 11.9 Å². The Bertz CT molecular complexity index is 816. The molecule has 6 nitrogen and oxygen atoms in total. The lowest BCUT2D eigenvalue weighted by Gasteiger charge is -2.05. The zero-order chi connectivity index (χ0) is 14.3. The molecule has 0 amide bonds. The highest BCUT2D eigenvalue weighted by Crippen LogP contribution is 2.37. The average molecular weight is 375 g/mol. The summed E-state index contributed by atoms with van der Waals surface area (Å²) in [5, 5.41) is 13.4. The second kappa shape index (κ2) is 5.04. The topological polar surface area (TPSA) is 69.7 Å². The van der Waals surface area contributed by atoms with Crippen LogP contribution in [0.25, 0.3) is 4.96 Å². The molecule has 3 aromatic rings. The van der Waals surface area contributed by atoms with Crippen LogP contribution < -0.4 is 4.74 Å². The van der Waals surface area contributed by atoms with Crippen molar-refractivity contribution in [3.63, 3.8) is 0 Å². The monoisotopic (exact) mass is 373 g/mol. The third-order valence-corrected chi connectivity index (χ3v) is 4.09. The second-order valence-electron chi connectivity index (χ2n) is 3.73. The molecule has 0 atom stereocenters. The maximum atomic E-state index is 11.2. The quantitative estimate of drug-likeness (QED) is 0.499. The summed E-state index contributed by atoms with van der Waals surface area (Å²) in [6, 6.07) is 4.89. The summed E-state index contributed by atoms with van der Waals surface area (Å²) in [6.07, 6.45) is 1.58. The number of hydrogen-bond acceptors (Lipinski definition) is 5. The number of ether oxygens (including phenoxy) is 1. The first-order valence-electron chi connectivity index (χ1n) is 5.29. The summed E-state index contributed by atoms with van der Waals surface area (Å²) in [5.41, 5.74) is 0. The van der Waals surface area contributed by atoms with Gasteiger partial charge in [0.05, 0.1) is 4.47 Å². The van der Waals surface area contributed by atoms with Crippen LogP contribution in [-0.4, -0.2) is 14.3 Å². The summed E-state index contributed by atoms with van der Waals surface area (Å²) in [5.74, 6) is 0.149. The van der Waals surface area contributed by atoms with E-state index in [4.69, 9.17) is 16.3 Å². The fraction of sp³-hybridized carbons (Fsp3) is 0. The van der Waals surface area contributed by atoms with Crippen LogP contribution in [-0.2, 0) is 0 Å². The van der Waals surface area contributed by atoms with Gasteiger partial charge in [0, 0.05) is 10.4 Å². The van der Waals surface area contributed by atoms with Crippen molar-refractivity contribution in [2.75, 3.05) is 0 Å². The van der Waals surface area contributed by atoms with Gasteiger partial charge in [-0.05, 0) is 39.1 Å². The molecular weight excluding hydrogens is 370 g/mol. The van der Waals surface area contributed by atoms with Gasteiger partial charge in [0.15, 0.2) is 0 Å². The Labute approximate surface area is 129 Å². The minimum atomic E-state index is -0.522.